The molecule has 0 bridgehead atoms. The molecule has 32 heavy (non-hydrogen) atoms. The lowest BCUT2D eigenvalue weighted by atomic mass is 9.87. The van der Waals surface area contributed by atoms with Crippen LogP contribution in [0.2, 0.25) is 0 Å². The van der Waals surface area contributed by atoms with Gasteiger partial charge in [0.25, 0.3) is 0 Å². The molecule has 1 fully saturated rings. The highest BCUT2D eigenvalue weighted by atomic mass is 32.2. The molecular formula is C18H29N2O10PS. The van der Waals surface area contributed by atoms with E-state index >= 15 is 0 Å². The minimum Gasteiger partial charge on any atom is -0.481 e. The van der Waals surface area contributed by atoms with Gasteiger partial charge < -0.3 is 15.7 Å². The molecule has 0 aliphatic carbocycles. The van der Waals surface area contributed by atoms with Gasteiger partial charge in [0.05, 0.1) is 19.4 Å². The van der Waals surface area contributed by atoms with Gasteiger partial charge in [-0.05, 0) is 0 Å². The van der Waals surface area contributed by atoms with E-state index in [-0.39, 0.29) is 57.0 Å². The highest BCUT2D eigenvalue weighted by molar-refractivity contribution is 8.13. The summed E-state index contributed by atoms with van der Waals surface area (Å²) in [4.78, 5) is 57.7. The summed E-state index contributed by atoms with van der Waals surface area (Å²) in [5, 5.41) is 13.2. The third kappa shape index (κ3) is 10.2. The summed E-state index contributed by atoms with van der Waals surface area (Å²) in [6.45, 7) is 3.62. The van der Waals surface area contributed by atoms with E-state index in [9.17, 15) is 28.5 Å². The van der Waals surface area contributed by atoms with Gasteiger partial charge in [-0.15, -0.1) is 0 Å². The van der Waals surface area contributed by atoms with Crippen LogP contribution < -0.4 is 10.6 Å². The molecule has 1 aliphatic rings. The van der Waals surface area contributed by atoms with Crippen molar-refractivity contribution in [1.29, 1.82) is 0 Å². The maximum atomic E-state index is 12.4. The summed E-state index contributed by atoms with van der Waals surface area (Å²) in [5.74, 6) is -2.19. The number of carbonyl (C=O) groups is 5. The Morgan fingerprint density at radius 2 is 1.81 bits per heavy atom. The molecule has 0 spiro atoms. The number of amides is 2. The SMILES string of the molecule is COP1(=O)OCC(C)(C)[C@H](C(=O)NCCC(=O)NCCSC(=O)CC(=O)CCC(=O)O)O1. The molecular weight excluding hydrogens is 467 g/mol. The number of carboxylic acid groups (broad SMARTS) is 1. The summed E-state index contributed by atoms with van der Waals surface area (Å²) in [6.07, 6.45) is -1.95. The van der Waals surface area contributed by atoms with E-state index in [1.54, 1.807) is 13.8 Å². The number of phosphoric ester groups is 1. The average Bonchev–Trinajstić information content (AvgIpc) is 2.71. The monoisotopic (exact) mass is 496 g/mol. The molecule has 0 saturated carbocycles. The first-order valence-corrected chi connectivity index (χ1v) is 12.3. The Labute approximate surface area is 190 Å². The van der Waals surface area contributed by atoms with E-state index in [1.165, 1.54) is 0 Å². The Morgan fingerprint density at radius 3 is 2.44 bits per heavy atom. The first-order chi connectivity index (χ1) is 14.9. The maximum Gasteiger partial charge on any atom is 0.475 e. The number of Topliss-reactive ketones (excluding diaryl/α,β-unsaturated/α-hetero) is 1. The predicted octanol–water partition coefficient (Wildman–Crippen LogP) is 0.889. The summed E-state index contributed by atoms with van der Waals surface area (Å²) in [7, 11) is -2.64. The number of hydrogen-bond acceptors (Lipinski definition) is 10. The van der Waals surface area contributed by atoms with Crippen LogP contribution in [-0.2, 0) is 42.1 Å². The molecule has 1 heterocycles. The molecule has 0 radical (unpaired) electrons. The number of ketones is 1. The van der Waals surface area contributed by atoms with Crippen molar-refractivity contribution in [1.82, 2.24) is 10.6 Å². The van der Waals surface area contributed by atoms with Gasteiger partial charge in [0.1, 0.15) is 5.78 Å². The van der Waals surface area contributed by atoms with E-state index in [0.29, 0.717) is 0 Å². The Balaban J connectivity index is 2.25. The second-order valence-electron chi connectivity index (χ2n) is 7.60. The van der Waals surface area contributed by atoms with Crippen LogP contribution in [-0.4, -0.2) is 72.5 Å². The Kier molecular flexibility index (Phi) is 11.5. The summed E-state index contributed by atoms with van der Waals surface area (Å²) in [6, 6.07) is 0. The minimum atomic E-state index is -3.80. The summed E-state index contributed by atoms with van der Waals surface area (Å²) < 4.78 is 27.1. The maximum absolute atomic E-state index is 12.4. The van der Waals surface area contributed by atoms with E-state index in [1.807, 2.05) is 0 Å². The average molecular weight is 496 g/mol. The van der Waals surface area contributed by atoms with E-state index < -0.39 is 42.1 Å². The number of carbonyl (C=O) groups excluding carboxylic acids is 4. The minimum absolute atomic E-state index is 0.00175. The van der Waals surface area contributed by atoms with E-state index in [0.717, 1.165) is 18.9 Å². The number of rotatable bonds is 13. The van der Waals surface area contributed by atoms with Crippen LogP contribution in [0.25, 0.3) is 0 Å². The van der Waals surface area contributed by atoms with Gasteiger partial charge in [-0.1, -0.05) is 25.6 Å². The molecule has 0 aromatic carbocycles. The van der Waals surface area contributed by atoms with Crippen molar-refractivity contribution in [3.8, 4) is 0 Å². The molecule has 1 saturated heterocycles. The highest BCUT2D eigenvalue weighted by Gasteiger charge is 2.48. The van der Waals surface area contributed by atoms with Gasteiger partial charge in [0, 0.05) is 44.2 Å². The summed E-state index contributed by atoms with van der Waals surface area (Å²) >= 11 is 0.872. The van der Waals surface area contributed by atoms with Crippen molar-refractivity contribution in [3.05, 3.63) is 0 Å². The third-order valence-electron chi connectivity index (χ3n) is 4.30. The van der Waals surface area contributed by atoms with Crippen LogP contribution in [0, 0.1) is 5.41 Å². The zero-order valence-electron chi connectivity index (χ0n) is 18.2. The summed E-state index contributed by atoms with van der Waals surface area (Å²) in [5.41, 5.74) is -0.752. The molecule has 12 nitrogen and oxygen atoms in total. The first-order valence-electron chi connectivity index (χ1n) is 9.81. The molecule has 1 aliphatic heterocycles. The van der Waals surface area contributed by atoms with Crippen LogP contribution >= 0.6 is 19.6 Å². The van der Waals surface area contributed by atoms with Crippen LogP contribution in [0.3, 0.4) is 0 Å². The molecule has 3 N–H and O–H groups in total. The second-order valence-corrected chi connectivity index (χ2v) is 10.5. The van der Waals surface area contributed by atoms with Crippen molar-refractivity contribution < 1.29 is 47.2 Å². The fraction of sp³-hybridized carbons (Fsp3) is 0.722. The van der Waals surface area contributed by atoms with Crippen molar-refractivity contribution in [3.63, 3.8) is 0 Å². The topological polar surface area (TPSA) is 174 Å². The van der Waals surface area contributed by atoms with Crippen molar-refractivity contribution in [2.75, 3.05) is 32.6 Å². The van der Waals surface area contributed by atoms with Crippen molar-refractivity contribution in [2.24, 2.45) is 5.41 Å². The largest absolute Gasteiger partial charge is 0.481 e. The van der Waals surface area contributed by atoms with Gasteiger partial charge in [-0.2, -0.15) is 0 Å². The normalized spacial score (nSPS) is 22.0. The molecule has 0 aromatic rings. The second kappa shape index (κ2) is 13.0. The molecule has 2 atom stereocenters. The zero-order chi connectivity index (χ0) is 24.4. The third-order valence-corrected chi connectivity index (χ3v) is 6.53. The fourth-order valence-corrected chi connectivity index (χ4v) is 4.58. The van der Waals surface area contributed by atoms with Crippen molar-refractivity contribution >= 4 is 48.3 Å². The van der Waals surface area contributed by atoms with Gasteiger partial charge in [0.15, 0.2) is 11.2 Å². The lowest BCUT2D eigenvalue weighted by Gasteiger charge is -2.39. The van der Waals surface area contributed by atoms with Crippen molar-refractivity contribution in [2.45, 2.75) is 45.6 Å². The molecule has 1 unspecified atom stereocenters. The fourth-order valence-electron chi connectivity index (χ4n) is 2.50. The molecule has 2 amide bonds. The lowest BCUT2D eigenvalue weighted by Crippen LogP contribution is -2.50. The van der Waals surface area contributed by atoms with E-state index in [4.69, 9.17) is 18.7 Å². The lowest BCUT2D eigenvalue weighted by molar-refractivity contribution is -0.141. The van der Waals surface area contributed by atoms with Crippen LogP contribution in [0.4, 0.5) is 0 Å². The number of aliphatic carboxylic acids is 1. The van der Waals surface area contributed by atoms with Gasteiger partial charge in [0.2, 0.25) is 11.8 Å². The van der Waals surface area contributed by atoms with Crippen LogP contribution in [0.5, 0.6) is 0 Å². The number of thioether (sulfide) groups is 1. The Hall–Kier alpha value is -1.79. The molecule has 182 valence electrons. The number of hydrogen-bond donors (Lipinski definition) is 3. The van der Waals surface area contributed by atoms with Crippen LogP contribution in [0.15, 0.2) is 0 Å². The zero-order valence-corrected chi connectivity index (χ0v) is 19.9. The number of carboxylic acids is 1. The van der Waals surface area contributed by atoms with Gasteiger partial charge >= 0.3 is 13.8 Å². The number of phosphoric acid groups is 1. The Morgan fingerprint density at radius 1 is 1.12 bits per heavy atom. The van der Waals surface area contributed by atoms with Gasteiger partial charge in [-0.25, -0.2) is 4.57 Å². The highest BCUT2D eigenvalue weighted by Crippen LogP contribution is 2.56. The predicted molar refractivity (Wildman–Crippen MR) is 114 cm³/mol. The standard InChI is InChI=1S/C18H29N2O10PS/c1-18(2)11-29-31(27,28-3)30-16(18)17(26)20-7-6-13(22)19-8-9-32-15(25)10-12(21)4-5-14(23)24/h16H,4-11H2,1-3H3,(H,19,22)(H,20,26)(H,23,24)/t16-,31?/m0/s1. The quantitative estimate of drug-likeness (QED) is 0.188. The Bertz CT molecular complexity index is 773. The molecule has 0 aromatic heterocycles. The van der Waals surface area contributed by atoms with E-state index in [2.05, 4.69) is 10.6 Å². The van der Waals surface area contributed by atoms with Crippen LogP contribution in [0.1, 0.15) is 39.5 Å². The molecule has 1 rings (SSSR count). The molecule has 14 heteroatoms. The first kappa shape index (κ1) is 28.2. The smallest absolute Gasteiger partial charge is 0.475 e. The number of nitrogens with one attached hydrogen (secondary N) is 2. The van der Waals surface area contributed by atoms with Gasteiger partial charge in [-0.3, -0.25) is 37.5 Å².